The van der Waals surface area contributed by atoms with E-state index in [1.54, 1.807) is 0 Å². The summed E-state index contributed by atoms with van der Waals surface area (Å²) < 4.78 is 0. The Labute approximate surface area is 138 Å². The summed E-state index contributed by atoms with van der Waals surface area (Å²) >= 11 is 1.83. The topological polar surface area (TPSA) is 36.4 Å². The Balaban J connectivity index is 1.53. The van der Waals surface area contributed by atoms with Crippen molar-refractivity contribution < 1.29 is 0 Å². The zero-order valence-corrected chi connectivity index (χ0v) is 14.3. The SMILES string of the molecule is c1csc(CCN=C(NC2CCCCC2)NC2CCCC2)c1. The van der Waals surface area contributed by atoms with E-state index < -0.39 is 0 Å². The van der Waals surface area contributed by atoms with Crippen LogP contribution in [0.25, 0.3) is 0 Å². The lowest BCUT2D eigenvalue weighted by molar-refractivity contribution is 0.407. The van der Waals surface area contributed by atoms with Crippen molar-refractivity contribution in [3.05, 3.63) is 22.4 Å². The standard InChI is InChI=1S/C18H29N3S/c1-2-7-15(8-3-1)20-18(21-16-9-4-5-10-16)19-13-12-17-11-6-14-22-17/h6,11,14-16H,1-5,7-10,12-13H2,(H2,19,20,21). The molecule has 0 bridgehead atoms. The molecule has 3 nitrogen and oxygen atoms in total. The van der Waals surface area contributed by atoms with Gasteiger partial charge in [0.1, 0.15) is 0 Å². The van der Waals surface area contributed by atoms with Gasteiger partial charge in [-0.05, 0) is 37.1 Å². The average Bonchev–Trinajstić information content (AvgIpc) is 3.22. The molecule has 1 aromatic rings. The van der Waals surface area contributed by atoms with Crippen molar-refractivity contribution in [2.24, 2.45) is 4.99 Å². The van der Waals surface area contributed by atoms with Crippen LogP contribution < -0.4 is 10.6 Å². The second kappa shape index (κ2) is 8.56. The summed E-state index contributed by atoms with van der Waals surface area (Å²) in [4.78, 5) is 6.29. The fourth-order valence-corrected chi connectivity index (χ4v) is 4.27. The van der Waals surface area contributed by atoms with Crippen molar-refractivity contribution in [3.8, 4) is 0 Å². The minimum atomic E-state index is 0.628. The van der Waals surface area contributed by atoms with Gasteiger partial charge in [0.05, 0.1) is 0 Å². The number of rotatable bonds is 5. The molecular formula is C18H29N3S. The molecule has 2 saturated carbocycles. The second-order valence-electron chi connectivity index (χ2n) is 6.66. The molecular weight excluding hydrogens is 290 g/mol. The van der Waals surface area contributed by atoms with Crippen LogP contribution in [-0.2, 0) is 6.42 Å². The Morgan fingerprint density at radius 3 is 2.23 bits per heavy atom. The monoisotopic (exact) mass is 319 g/mol. The molecule has 1 heterocycles. The van der Waals surface area contributed by atoms with E-state index in [1.807, 2.05) is 11.3 Å². The molecule has 3 rings (SSSR count). The number of hydrogen-bond acceptors (Lipinski definition) is 2. The largest absolute Gasteiger partial charge is 0.354 e. The second-order valence-corrected chi connectivity index (χ2v) is 7.70. The quantitative estimate of drug-likeness (QED) is 0.633. The van der Waals surface area contributed by atoms with Crippen LogP contribution in [0, 0.1) is 0 Å². The van der Waals surface area contributed by atoms with Crippen LogP contribution in [0.15, 0.2) is 22.5 Å². The smallest absolute Gasteiger partial charge is 0.191 e. The zero-order valence-electron chi connectivity index (χ0n) is 13.5. The van der Waals surface area contributed by atoms with E-state index in [4.69, 9.17) is 4.99 Å². The molecule has 0 unspecified atom stereocenters. The van der Waals surface area contributed by atoms with Crippen LogP contribution in [0.5, 0.6) is 0 Å². The molecule has 1 aromatic heterocycles. The van der Waals surface area contributed by atoms with Gasteiger partial charge in [0, 0.05) is 29.9 Å². The number of guanidine groups is 1. The molecule has 2 aliphatic carbocycles. The highest BCUT2D eigenvalue weighted by Crippen LogP contribution is 2.19. The third kappa shape index (κ3) is 5.01. The number of hydrogen-bond donors (Lipinski definition) is 2. The van der Waals surface area contributed by atoms with E-state index in [0.29, 0.717) is 12.1 Å². The first-order valence-corrected chi connectivity index (χ1v) is 9.88. The van der Waals surface area contributed by atoms with Gasteiger partial charge in [-0.3, -0.25) is 4.99 Å². The van der Waals surface area contributed by atoms with E-state index >= 15 is 0 Å². The molecule has 0 atom stereocenters. The molecule has 0 aromatic carbocycles. The van der Waals surface area contributed by atoms with Crippen LogP contribution in [0.3, 0.4) is 0 Å². The molecule has 2 fully saturated rings. The van der Waals surface area contributed by atoms with Gasteiger partial charge < -0.3 is 10.6 Å². The summed E-state index contributed by atoms with van der Waals surface area (Å²) in [6, 6.07) is 5.60. The van der Waals surface area contributed by atoms with Crippen LogP contribution in [0.1, 0.15) is 62.7 Å². The molecule has 0 amide bonds. The first kappa shape index (κ1) is 15.9. The van der Waals surface area contributed by atoms with Gasteiger partial charge in [-0.15, -0.1) is 11.3 Å². The van der Waals surface area contributed by atoms with Gasteiger partial charge in [0.15, 0.2) is 5.96 Å². The van der Waals surface area contributed by atoms with E-state index in [0.717, 1.165) is 18.9 Å². The first-order chi connectivity index (χ1) is 10.9. The lowest BCUT2D eigenvalue weighted by Gasteiger charge is -2.26. The summed E-state index contributed by atoms with van der Waals surface area (Å²) in [5, 5.41) is 9.54. The molecule has 0 aliphatic heterocycles. The average molecular weight is 320 g/mol. The van der Waals surface area contributed by atoms with Gasteiger partial charge in [0.25, 0.3) is 0 Å². The Bertz CT molecular complexity index is 443. The maximum atomic E-state index is 4.86. The van der Waals surface area contributed by atoms with Crippen molar-refractivity contribution in [2.75, 3.05) is 6.54 Å². The minimum absolute atomic E-state index is 0.628. The maximum absolute atomic E-state index is 4.86. The van der Waals surface area contributed by atoms with Crippen LogP contribution in [0.2, 0.25) is 0 Å². The molecule has 22 heavy (non-hydrogen) atoms. The summed E-state index contributed by atoms with van der Waals surface area (Å²) in [7, 11) is 0. The Hall–Kier alpha value is -1.03. The van der Waals surface area contributed by atoms with Crippen molar-refractivity contribution in [1.29, 1.82) is 0 Å². The highest BCUT2D eigenvalue weighted by molar-refractivity contribution is 7.09. The van der Waals surface area contributed by atoms with E-state index in [9.17, 15) is 0 Å². The molecule has 122 valence electrons. The van der Waals surface area contributed by atoms with Crippen molar-refractivity contribution in [3.63, 3.8) is 0 Å². The summed E-state index contributed by atoms with van der Waals surface area (Å²) in [6.07, 6.45) is 13.1. The third-order valence-electron chi connectivity index (χ3n) is 4.85. The molecule has 2 aliphatic rings. The van der Waals surface area contributed by atoms with Gasteiger partial charge in [-0.25, -0.2) is 0 Å². The molecule has 0 spiro atoms. The Morgan fingerprint density at radius 2 is 1.64 bits per heavy atom. The molecule has 0 radical (unpaired) electrons. The van der Waals surface area contributed by atoms with Crippen molar-refractivity contribution in [1.82, 2.24) is 10.6 Å². The van der Waals surface area contributed by atoms with Crippen LogP contribution >= 0.6 is 11.3 Å². The number of nitrogens with zero attached hydrogens (tertiary/aromatic N) is 1. The lowest BCUT2D eigenvalue weighted by atomic mass is 9.96. The minimum Gasteiger partial charge on any atom is -0.354 e. The maximum Gasteiger partial charge on any atom is 0.191 e. The van der Waals surface area contributed by atoms with Crippen molar-refractivity contribution in [2.45, 2.75) is 76.3 Å². The normalized spacial score (nSPS) is 21.2. The Kier molecular flexibility index (Phi) is 6.17. The summed E-state index contributed by atoms with van der Waals surface area (Å²) in [5.41, 5.74) is 0. The predicted molar refractivity (Wildman–Crippen MR) is 95.7 cm³/mol. The molecule has 4 heteroatoms. The van der Waals surface area contributed by atoms with E-state index in [1.165, 1.54) is 62.7 Å². The first-order valence-electron chi connectivity index (χ1n) is 9.00. The fourth-order valence-electron chi connectivity index (χ4n) is 3.57. The summed E-state index contributed by atoms with van der Waals surface area (Å²) in [6.45, 7) is 0.884. The van der Waals surface area contributed by atoms with Crippen LogP contribution in [0.4, 0.5) is 0 Å². The highest BCUT2D eigenvalue weighted by Gasteiger charge is 2.19. The van der Waals surface area contributed by atoms with E-state index in [-0.39, 0.29) is 0 Å². The third-order valence-corrected chi connectivity index (χ3v) is 5.79. The van der Waals surface area contributed by atoms with Crippen LogP contribution in [-0.4, -0.2) is 24.6 Å². The number of nitrogens with one attached hydrogen (secondary N) is 2. The van der Waals surface area contributed by atoms with Gasteiger partial charge in [0.2, 0.25) is 0 Å². The van der Waals surface area contributed by atoms with Gasteiger partial charge in [-0.2, -0.15) is 0 Å². The van der Waals surface area contributed by atoms with Crippen molar-refractivity contribution >= 4 is 17.3 Å². The highest BCUT2D eigenvalue weighted by atomic mass is 32.1. The number of thiophene rings is 1. The summed E-state index contributed by atoms with van der Waals surface area (Å²) in [5.74, 6) is 1.07. The number of aliphatic imine (C=N–C) groups is 1. The lowest BCUT2D eigenvalue weighted by Crippen LogP contribution is -2.47. The van der Waals surface area contributed by atoms with E-state index in [2.05, 4.69) is 28.1 Å². The van der Waals surface area contributed by atoms with Gasteiger partial charge >= 0.3 is 0 Å². The molecule has 0 saturated heterocycles. The predicted octanol–water partition coefficient (Wildman–Crippen LogP) is 4.10. The Morgan fingerprint density at radius 1 is 1.00 bits per heavy atom. The fraction of sp³-hybridized carbons (Fsp3) is 0.722. The zero-order chi connectivity index (χ0) is 15.0. The molecule has 2 N–H and O–H groups in total. The van der Waals surface area contributed by atoms with Gasteiger partial charge in [-0.1, -0.05) is 38.2 Å².